The molecule has 35 heavy (non-hydrogen) atoms. The Morgan fingerprint density at radius 1 is 1.23 bits per heavy atom. The minimum Gasteiger partial charge on any atom is -0.491 e. The Bertz CT molecular complexity index is 1130. The lowest BCUT2D eigenvalue weighted by Gasteiger charge is -2.29. The molecule has 1 fully saturated rings. The van der Waals surface area contributed by atoms with Crippen LogP contribution >= 0.6 is 0 Å². The number of nitrogens with one attached hydrogen (secondary N) is 1. The van der Waals surface area contributed by atoms with E-state index in [2.05, 4.69) is 24.3 Å². The number of aryl methyl sites for hydroxylation is 2. The fraction of sp³-hybridized carbons (Fsp3) is 0.519. The zero-order valence-electron chi connectivity index (χ0n) is 21.3. The molecule has 4 rings (SSSR count). The third kappa shape index (κ3) is 5.89. The van der Waals surface area contributed by atoms with Gasteiger partial charge in [0.25, 0.3) is 0 Å². The highest BCUT2D eigenvalue weighted by molar-refractivity contribution is 5.71. The first-order valence-corrected chi connectivity index (χ1v) is 12.3. The Hall–Kier alpha value is -2.81. The number of nitrogens with zero attached hydrogens (tertiary/aromatic N) is 3. The Morgan fingerprint density at radius 3 is 2.77 bits per heavy atom. The van der Waals surface area contributed by atoms with E-state index in [1.165, 1.54) is 0 Å². The normalized spacial score (nSPS) is 19.0. The van der Waals surface area contributed by atoms with Crippen molar-refractivity contribution >= 4 is 0 Å². The smallest absolute Gasteiger partial charge is 0.160 e. The van der Waals surface area contributed by atoms with Crippen molar-refractivity contribution < 1.29 is 19.1 Å². The van der Waals surface area contributed by atoms with Crippen molar-refractivity contribution in [1.29, 1.82) is 0 Å². The molecule has 0 amide bonds. The molecule has 2 N–H and O–H groups in total. The van der Waals surface area contributed by atoms with E-state index in [9.17, 15) is 5.11 Å². The van der Waals surface area contributed by atoms with Crippen LogP contribution in [0.1, 0.15) is 36.1 Å². The number of rotatable bonds is 9. The van der Waals surface area contributed by atoms with Crippen molar-refractivity contribution in [1.82, 2.24) is 20.4 Å². The molecule has 3 atom stereocenters. The van der Waals surface area contributed by atoms with Crippen LogP contribution in [0.4, 0.5) is 0 Å². The van der Waals surface area contributed by atoms with E-state index in [0.717, 1.165) is 65.6 Å². The summed E-state index contributed by atoms with van der Waals surface area (Å²) in [4.78, 5) is 10.0. The van der Waals surface area contributed by atoms with Gasteiger partial charge in [-0.15, -0.1) is 0 Å². The summed E-state index contributed by atoms with van der Waals surface area (Å²) >= 11 is 0. The summed E-state index contributed by atoms with van der Waals surface area (Å²) in [5.74, 6) is 3.04. The summed E-state index contributed by atoms with van der Waals surface area (Å²) in [6, 6.07) is 7.71. The lowest BCUT2D eigenvalue weighted by molar-refractivity contribution is 0.0241. The van der Waals surface area contributed by atoms with Crippen LogP contribution in [-0.2, 0) is 11.2 Å². The molecule has 1 aliphatic heterocycles. The van der Waals surface area contributed by atoms with Gasteiger partial charge in [0.2, 0.25) is 0 Å². The Kier molecular flexibility index (Phi) is 8.15. The van der Waals surface area contributed by atoms with Crippen LogP contribution in [0.3, 0.4) is 0 Å². The molecule has 0 radical (unpaired) electrons. The lowest BCUT2D eigenvalue weighted by Crippen LogP contribution is -2.29. The van der Waals surface area contributed by atoms with E-state index in [1.807, 2.05) is 38.1 Å². The molecule has 0 spiro atoms. The molecule has 1 aromatic carbocycles. The largest absolute Gasteiger partial charge is 0.491 e. The summed E-state index contributed by atoms with van der Waals surface area (Å²) in [5.41, 5.74) is 5.56. The topological polar surface area (TPSA) is 103 Å². The van der Waals surface area contributed by atoms with Crippen LogP contribution in [0.25, 0.3) is 22.6 Å². The third-order valence-electron chi connectivity index (χ3n) is 6.77. The maximum atomic E-state index is 10.00. The number of hydrogen-bond donors (Lipinski definition) is 2. The predicted molar refractivity (Wildman–Crippen MR) is 134 cm³/mol. The SMILES string of the molecule is CNCC(O)COc1cccc(-c2nc(CC3CCOCC3C)c(C)c(-c3c(C)noc3C)n2)c1. The number of likely N-dealkylation sites (N-methyl/N-ethyl adjacent to an activating group) is 1. The number of aromatic nitrogens is 3. The molecule has 1 saturated heterocycles. The molecule has 3 unspecified atom stereocenters. The van der Waals surface area contributed by atoms with E-state index >= 15 is 0 Å². The number of ether oxygens (including phenoxy) is 2. The Labute approximate surface area is 207 Å². The lowest BCUT2D eigenvalue weighted by atomic mass is 9.85. The van der Waals surface area contributed by atoms with Gasteiger partial charge in [0.15, 0.2) is 5.82 Å². The minimum absolute atomic E-state index is 0.205. The van der Waals surface area contributed by atoms with Gasteiger partial charge in [0.05, 0.1) is 17.0 Å². The summed E-state index contributed by atoms with van der Waals surface area (Å²) in [5, 5.41) is 17.1. The second kappa shape index (κ2) is 11.3. The molecule has 0 saturated carbocycles. The first-order valence-electron chi connectivity index (χ1n) is 12.3. The standard InChI is InChI=1S/C27H36N4O4/c1-16-14-33-10-9-20(16)12-24-17(2)26(25-18(3)31-35-19(25)4)30-27(29-24)21-7-6-8-23(11-21)34-15-22(32)13-28-5/h6-8,11,16,20,22,28,32H,9-10,12-15H2,1-5H3. The Morgan fingerprint density at radius 2 is 2.06 bits per heavy atom. The number of benzene rings is 1. The highest BCUT2D eigenvalue weighted by atomic mass is 16.5. The molecule has 2 aromatic heterocycles. The Balaban J connectivity index is 1.73. The van der Waals surface area contributed by atoms with Crippen LogP contribution in [0, 0.1) is 32.6 Å². The molecule has 3 heterocycles. The van der Waals surface area contributed by atoms with E-state index < -0.39 is 6.10 Å². The van der Waals surface area contributed by atoms with Gasteiger partial charge in [-0.05, 0) is 70.2 Å². The second-order valence-electron chi connectivity index (χ2n) is 9.52. The summed E-state index contributed by atoms with van der Waals surface area (Å²) in [6.45, 7) is 10.5. The van der Waals surface area contributed by atoms with Crippen LogP contribution in [-0.4, -0.2) is 59.7 Å². The quantitative estimate of drug-likeness (QED) is 0.475. The first kappa shape index (κ1) is 25.3. The van der Waals surface area contributed by atoms with Gasteiger partial charge in [0, 0.05) is 31.0 Å². The first-order chi connectivity index (χ1) is 16.9. The van der Waals surface area contributed by atoms with E-state index in [1.54, 1.807) is 7.05 Å². The zero-order chi connectivity index (χ0) is 24.9. The van der Waals surface area contributed by atoms with Gasteiger partial charge in [-0.3, -0.25) is 0 Å². The fourth-order valence-electron chi connectivity index (χ4n) is 4.64. The van der Waals surface area contributed by atoms with Crippen molar-refractivity contribution in [3.8, 4) is 28.4 Å². The average Bonchev–Trinajstić information content (AvgIpc) is 3.18. The molecule has 3 aromatic rings. The number of aliphatic hydroxyl groups excluding tert-OH is 1. The van der Waals surface area contributed by atoms with Gasteiger partial charge in [0.1, 0.15) is 24.2 Å². The third-order valence-corrected chi connectivity index (χ3v) is 6.77. The average molecular weight is 481 g/mol. The van der Waals surface area contributed by atoms with E-state index in [0.29, 0.717) is 30.0 Å². The van der Waals surface area contributed by atoms with Crippen molar-refractivity contribution in [2.24, 2.45) is 11.8 Å². The fourth-order valence-corrected chi connectivity index (χ4v) is 4.64. The number of aliphatic hydroxyl groups is 1. The van der Waals surface area contributed by atoms with Crippen LogP contribution < -0.4 is 10.1 Å². The molecule has 1 aliphatic rings. The van der Waals surface area contributed by atoms with Crippen molar-refractivity contribution in [2.75, 3.05) is 33.4 Å². The summed E-state index contributed by atoms with van der Waals surface area (Å²) in [7, 11) is 1.80. The predicted octanol–water partition coefficient (Wildman–Crippen LogP) is 3.90. The number of hydrogen-bond acceptors (Lipinski definition) is 8. The highest BCUT2D eigenvalue weighted by Crippen LogP contribution is 2.34. The van der Waals surface area contributed by atoms with Crippen LogP contribution in [0.5, 0.6) is 5.75 Å². The van der Waals surface area contributed by atoms with Gasteiger partial charge in [-0.25, -0.2) is 9.97 Å². The van der Waals surface area contributed by atoms with Crippen LogP contribution in [0.2, 0.25) is 0 Å². The van der Waals surface area contributed by atoms with Crippen LogP contribution in [0.15, 0.2) is 28.8 Å². The van der Waals surface area contributed by atoms with E-state index in [4.69, 9.17) is 24.0 Å². The molecule has 0 aliphatic carbocycles. The molecule has 8 heteroatoms. The second-order valence-corrected chi connectivity index (χ2v) is 9.52. The molecular formula is C27H36N4O4. The molecular weight excluding hydrogens is 444 g/mol. The highest BCUT2D eigenvalue weighted by Gasteiger charge is 2.26. The molecule has 188 valence electrons. The van der Waals surface area contributed by atoms with Gasteiger partial charge in [-0.2, -0.15) is 0 Å². The van der Waals surface area contributed by atoms with Crippen molar-refractivity contribution in [2.45, 2.75) is 46.6 Å². The van der Waals surface area contributed by atoms with Gasteiger partial charge < -0.3 is 24.4 Å². The summed E-state index contributed by atoms with van der Waals surface area (Å²) < 4.78 is 17.0. The maximum Gasteiger partial charge on any atom is 0.160 e. The van der Waals surface area contributed by atoms with Gasteiger partial charge >= 0.3 is 0 Å². The summed E-state index contributed by atoms with van der Waals surface area (Å²) in [6.07, 6.45) is 1.31. The van der Waals surface area contributed by atoms with Crippen molar-refractivity contribution in [3.05, 3.63) is 47.0 Å². The monoisotopic (exact) mass is 480 g/mol. The zero-order valence-corrected chi connectivity index (χ0v) is 21.3. The maximum absolute atomic E-state index is 10.00. The minimum atomic E-state index is -0.585. The van der Waals surface area contributed by atoms with E-state index in [-0.39, 0.29) is 6.61 Å². The molecule has 8 nitrogen and oxygen atoms in total. The van der Waals surface area contributed by atoms with Gasteiger partial charge in [-0.1, -0.05) is 24.2 Å². The molecule has 0 bridgehead atoms. The van der Waals surface area contributed by atoms with Crippen molar-refractivity contribution in [3.63, 3.8) is 0 Å².